The number of aromatic nitrogens is 3. The minimum absolute atomic E-state index is 0.0133. The molecule has 1 heterocycles. The molecule has 0 radical (unpaired) electrons. The first kappa shape index (κ1) is 13.6. The number of nitrogens with zero attached hydrogens (tertiary/aromatic N) is 3. The molecule has 98 valence electrons. The second kappa shape index (κ2) is 5.41. The van der Waals surface area contributed by atoms with Gasteiger partial charge in [-0.05, 0) is 31.3 Å². The summed E-state index contributed by atoms with van der Waals surface area (Å²) in [6, 6.07) is 4.24. The van der Waals surface area contributed by atoms with E-state index in [2.05, 4.69) is 15.3 Å². The third-order valence-electron chi connectivity index (χ3n) is 2.32. The van der Waals surface area contributed by atoms with Crippen molar-refractivity contribution in [2.75, 3.05) is 0 Å². The lowest BCUT2D eigenvalue weighted by Crippen LogP contribution is -2.22. The summed E-state index contributed by atoms with van der Waals surface area (Å²) in [7, 11) is 0. The molecule has 0 aliphatic carbocycles. The first-order chi connectivity index (χ1) is 9.00. The van der Waals surface area contributed by atoms with Gasteiger partial charge in [0.15, 0.2) is 0 Å². The van der Waals surface area contributed by atoms with Gasteiger partial charge in [-0.3, -0.25) is 9.89 Å². The molecule has 8 heteroatoms. The summed E-state index contributed by atoms with van der Waals surface area (Å²) >= 11 is 10.7. The molecule has 0 amide bonds. The average Bonchev–Trinajstić information content (AvgIpc) is 2.37. The van der Waals surface area contributed by atoms with Crippen LogP contribution >= 0.6 is 23.8 Å². The number of halogens is 2. The topological polar surface area (TPSA) is 63.0 Å². The standard InChI is InChI=1S/C11H8ClFN4OS/c1-6-10(18)17(11(19)16-15-6)14-5-7-8(12)3-2-4-9(7)13/h2-5H,1H3,(H,16,19)/b14-5-. The van der Waals surface area contributed by atoms with Gasteiger partial charge in [0, 0.05) is 5.56 Å². The van der Waals surface area contributed by atoms with Crippen LogP contribution in [-0.4, -0.2) is 21.1 Å². The minimum atomic E-state index is -0.537. The van der Waals surface area contributed by atoms with Gasteiger partial charge in [0.1, 0.15) is 11.5 Å². The van der Waals surface area contributed by atoms with Crippen LogP contribution in [0, 0.1) is 17.5 Å². The maximum absolute atomic E-state index is 13.5. The fourth-order valence-corrected chi connectivity index (χ4v) is 1.71. The van der Waals surface area contributed by atoms with Gasteiger partial charge in [0.25, 0.3) is 5.56 Å². The Morgan fingerprint density at radius 1 is 1.58 bits per heavy atom. The zero-order chi connectivity index (χ0) is 14.0. The predicted octanol–water partition coefficient (Wildman–Crippen LogP) is 2.28. The van der Waals surface area contributed by atoms with Crippen molar-refractivity contribution in [1.82, 2.24) is 14.9 Å². The first-order valence-corrected chi connectivity index (χ1v) is 5.96. The highest BCUT2D eigenvalue weighted by molar-refractivity contribution is 7.71. The van der Waals surface area contributed by atoms with Crippen molar-refractivity contribution in [3.05, 3.63) is 55.4 Å². The molecule has 2 aromatic rings. The Hall–Kier alpha value is -1.86. The first-order valence-electron chi connectivity index (χ1n) is 5.17. The molecule has 1 aromatic heterocycles. The predicted molar refractivity (Wildman–Crippen MR) is 72.8 cm³/mol. The SMILES string of the molecule is Cc1n[nH]c(=S)n(/N=C\c2c(F)cccc2Cl)c1=O. The Morgan fingerprint density at radius 2 is 2.32 bits per heavy atom. The highest BCUT2D eigenvalue weighted by atomic mass is 35.5. The normalized spacial score (nSPS) is 11.1. The molecule has 0 bridgehead atoms. The summed E-state index contributed by atoms with van der Waals surface area (Å²) in [6.45, 7) is 1.51. The number of aryl methyl sites for hydroxylation is 1. The van der Waals surface area contributed by atoms with Gasteiger partial charge in [-0.25, -0.2) is 4.39 Å². The lowest BCUT2D eigenvalue weighted by Gasteiger charge is -2.01. The van der Waals surface area contributed by atoms with Crippen LogP contribution in [0.2, 0.25) is 5.02 Å². The van der Waals surface area contributed by atoms with Gasteiger partial charge in [0.2, 0.25) is 4.77 Å². The van der Waals surface area contributed by atoms with Crippen LogP contribution in [0.1, 0.15) is 11.3 Å². The third-order valence-corrected chi connectivity index (χ3v) is 2.91. The highest BCUT2D eigenvalue weighted by Gasteiger charge is 2.05. The summed E-state index contributed by atoms with van der Waals surface area (Å²) in [5.41, 5.74) is -0.197. The van der Waals surface area contributed by atoms with Crippen LogP contribution in [0.5, 0.6) is 0 Å². The zero-order valence-corrected chi connectivity index (χ0v) is 11.3. The summed E-state index contributed by atoms with van der Waals surface area (Å²) in [6.07, 6.45) is 1.14. The minimum Gasteiger partial charge on any atom is -0.265 e. The maximum atomic E-state index is 13.5. The molecule has 0 saturated carbocycles. The smallest absolute Gasteiger partial charge is 0.265 e. The largest absolute Gasteiger partial charge is 0.296 e. The summed E-state index contributed by atoms with van der Waals surface area (Å²) < 4.78 is 14.5. The van der Waals surface area contributed by atoms with Crippen molar-refractivity contribution < 1.29 is 4.39 Å². The van der Waals surface area contributed by atoms with Crippen molar-refractivity contribution in [1.29, 1.82) is 0 Å². The van der Waals surface area contributed by atoms with Crippen LogP contribution in [0.25, 0.3) is 0 Å². The molecule has 1 N–H and O–H groups in total. The molecule has 0 unspecified atom stereocenters. The molecule has 0 aliphatic rings. The maximum Gasteiger partial charge on any atom is 0.296 e. The molecular weight excluding hydrogens is 291 g/mol. The van der Waals surface area contributed by atoms with E-state index in [1.54, 1.807) is 0 Å². The number of rotatable bonds is 2. The molecule has 0 spiro atoms. The molecule has 0 aliphatic heterocycles. The number of hydrogen-bond donors (Lipinski definition) is 1. The Labute approximate surface area is 117 Å². The molecule has 5 nitrogen and oxygen atoms in total. The highest BCUT2D eigenvalue weighted by Crippen LogP contribution is 2.16. The van der Waals surface area contributed by atoms with Crippen molar-refractivity contribution in [3.8, 4) is 0 Å². The number of nitrogens with one attached hydrogen (secondary N) is 1. The number of benzene rings is 1. The molecule has 1 aromatic carbocycles. The van der Waals surface area contributed by atoms with E-state index in [1.165, 1.54) is 25.1 Å². The number of H-pyrrole nitrogens is 1. The Kier molecular flexibility index (Phi) is 3.87. The van der Waals surface area contributed by atoms with Crippen LogP contribution in [-0.2, 0) is 0 Å². The molecular formula is C11H8ClFN4OS. The Morgan fingerprint density at radius 3 is 3.00 bits per heavy atom. The Bertz CT molecular complexity index is 748. The lowest BCUT2D eigenvalue weighted by molar-refractivity contribution is 0.625. The van der Waals surface area contributed by atoms with Crippen LogP contribution in [0.15, 0.2) is 28.1 Å². The monoisotopic (exact) mass is 298 g/mol. The quantitative estimate of drug-likeness (QED) is 0.683. The van der Waals surface area contributed by atoms with Gasteiger partial charge in [0.05, 0.1) is 11.2 Å². The van der Waals surface area contributed by atoms with E-state index in [4.69, 9.17) is 23.8 Å². The summed E-state index contributed by atoms with van der Waals surface area (Å²) in [4.78, 5) is 11.8. The lowest BCUT2D eigenvalue weighted by atomic mass is 10.2. The van der Waals surface area contributed by atoms with Crippen LogP contribution < -0.4 is 5.56 Å². The van der Waals surface area contributed by atoms with Crippen molar-refractivity contribution in [2.45, 2.75) is 6.92 Å². The molecule has 0 fully saturated rings. The van der Waals surface area contributed by atoms with Crippen LogP contribution in [0.3, 0.4) is 0 Å². The molecule has 0 saturated heterocycles. The fraction of sp³-hybridized carbons (Fsp3) is 0.0909. The second-order valence-electron chi connectivity index (χ2n) is 3.61. The van der Waals surface area contributed by atoms with Crippen LogP contribution in [0.4, 0.5) is 4.39 Å². The van der Waals surface area contributed by atoms with E-state index >= 15 is 0 Å². The Balaban J connectivity index is 2.53. The fourth-order valence-electron chi connectivity index (χ4n) is 1.33. The van der Waals surface area contributed by atoms with Crippen molar-refractivity contribution in [3.63, 3.8) is 0 Å². The number of aromatic amines is 1. The van der Waals surface area contributed by atoms with Crippen molar-refractivity contribution in [2.24, 2.45) is 5.10 Å². The van der Waals surface area contributed by atoms with E-state index in [0.717, 1.165) is 10.9 Å². The summed E-state index contributed by atoms with van der Waals surface area (Å²) in [5.74, 6) is -0.537. The zero-order valence-electron chi connectivity index (χ0n) is 9.72. The number of hydrogen-bond acceptors (Lipinski definition) is 4. The third kappa shape index (κ3) is 2.77. The van der Waals surface area contributed by atoms with Gasteiger partial charge in [-0.1, -0.05) is 17.7 Å². The van der Waals surface area contributed by atoms with Gasteiger partial charge in [-0.2, -0.15) is 14.9 Å². The molecule has 19 heavy (non-hydrogen) atoms. The van der Waals surface area contributed by atoms with Gasteiger partial charge in [-0.15, -0.1) is 0 Å². The molecule has 0 atom stereocenters. The van der Waals surface area contributed by atoms with E-state index in [1.807, 2.05) is 0 Å². The van der Waals surface area contributed by atoms with E-state index in [0.29, 0.717) is 0 Å². The average molecular weight is 299 g/mol. The van der Waals surface area contributed by atoms with Gasteiger partial charge >= 0.3 is 0 Å². The van der Waals surface area contributed by atoms with E-state index in [9.17, 15) is 9.18 Å². The molecule has 2 rings (SSSR count). The van der Waals surface area contributed by atoms with Crippen molar-refractivity contribution >= 4 is 30.0 Å². The van der Waals surface area contributed by atoms with Gasteiger partial charge < -0.3 is 0 Å². The van der Waals surface area contributed by atoms with E-state index < -0.39 is 11.4 Å². The summed E-state index contributed by atoms with van der Waals surface area (Å²) in [5, 5.41) is 10.2. The second-order valence-corrected chi connectivity index (χ2v) is 4.40. The van der Waals surface area contributed by atoms with E-state index in [-0.39, 0.29) is 21.1 Å².